The summed E-state index contributed by atoms with van der Waals surface area (Å²) in [5.41, 5.74) is 3.34. The maximum absolute atomic E-state index is 12.7. The number of aromatic nitrogens is 3. The Morgan fingerprint density at radius 2 is 1.54 bits per heavy atom. The van der Waals surface area contributed by atoms with Crippen LogP contribution in [0.4, 0.5) is 0 Å². The Labute approximate surface area is 160 Å². The first kappa shape index (κ1) is 16.2. The molecular weight excluding hydrogens is 350 g/mol. The van der Waals surface area contributed by atoms with Gasteiger partial charge in [0.25, 0.3) is 0 Å². The minimum absolute atomic E-state index is 0.136. The quantitative estimate of drug-likeness (QED) is 0.467. The second-order valence-corrected chi connectivity index (χ2v) is 6.33. The number of rotatable bonds is 3. The molecule has 2 aromatic carbocycles. The first-order chi connectivity index (χ1) is 13.8. The van der Waals surface area contributed by atoms with Gasteiger partial charge in [0, 0.05) is 5.56 Å². The van der Waals surface area contributed by atoms with Crippen LogP contribution in [0.2, 0.25) is 0 Å². The molecule has 2 heterocycles. The molecule has 1 aliphatic heterocycles. The average Bonchev–Trinajstić information content (AvgIpc) is 3.28. The van der Waals surface area contributed by atoms with Gasteiger partial charge < -0.3 is 4.42 Å². The number of para-hydroxylation sites is 1. The maximum Gasteiger partial charge on any atom is 0.191 e. The molecule has 134 valence electrons. The van der Waals surface area contributed by atoms with Crippen LogP contribution >= 0.6 is 0 Å². The highest BCUT2D eigenvalue weighted by atomic mass is 16.3. The SMILES string of the molecule is O=c1ccc2nc(-c3ccccc3)nn(-c3ccccc3)c-2c1-c1ccco1. The molecule has 0 atom stereocenters. The van der Waals surface area contributed by atoms with Crippen molar-refractivity contribution >= 4 is 0 Å². The molecule has 28 heavy (non-hydrogen) atoms. The molecule has 1 aliphatic carbocycles. The summed E-state index contributed by atoms with van der Waals surface area (Å²) in [5.74, 6) is 1.08. The average molecular weight is 365 g/mol. The molecule has 2 aliphatic rings. The second-order valence-electron chi connectivity index (χ2n) is 6.33. The summed E-state index contributed by atoms with van der Waals surface area (Å²) >= 11 is 0. The number of hydrogen-bond acceptors (Lipinski definition) is 4. The fraction of sp³-hybridized carbons (Fsp3) is 0. The normalized spacial score (nSPS) is 11.0. The maximum atomic E-state index is 12.7. The highest BCUT2D eigenvalue weighted by Crippen LogP contribution is 2.32. The minimum Gasteiger partial charge on any atom is -0.464 e. The molecule has 0 saturated heterocycles. The predicted octanol–water partition coefficient (Wildman–Crippen LogP) is 4.66. The fourth-order valence-corrected chi connectivity index (χ4v) is 3.27. The Kier molecular flexibility index (Phi) is 3.84. The van der Waals surface area contributed by atoms with E-state index in [1.54, 1.807) is 29.1 Å². The summed E-state index contributed by atoms with van der Waals surface area (Å²) < 4.78 is 7.31. The summed E-state index contributed by atoms with van der Waals surface area (Å²) in [6.45, 7) is 0. The van der Waals surface area contributed by atoms with Crippen molar-refractivity contribution in [3.8, 4) is 39.8 Å². The lowest BCUT2D eigenvalue weighted by Gasteiger charge is -2.18. The topological polar surface area (TPSA) is 60.9 Å². The molecule has 3 aromatic rings. The Bertz CT molecular complexity index is 1260. The van der Waals surface area contributed by atoms with Crippen LogP contribution in [0.25, 0.3) is 39.8 Å². The van der Waals surface area contributed by atoms with Gasteiger partial charge in [-0.3, -0.25) is 4.79 Å². The Balaban J connectivity index is 1.89. The van der Waals surface area contributed by atoms with Crippen LogP contribution in [0, 0.1) is 0 Å². The zero-order valence-electron chi connectivity index (χ0n) is 14.8. The van der Waals surface area contributed by atoms with Crippen molar-refractivity contribution in [1.29, 1.82) is 0 Å². The van der Waals surface area contributed by atoms with Crippen molar-refractivity contribution in [1.82, 2.24) is 14.8 Å². The highest BCUT2D eigenvalue weighted by molar-refractivity contribution is 5.79. The van der Waals surface area contributed by atoms with E-state index in [0.29, 0.717) is 28.5 Å². The van der Waals surface area contributed by atoms with Crippen LogP contribution in [0.15, 0.2) is 100 Å². The number of benzene rings is 3. The minimum atomic E-state index is -0.136. The van der Waals surface area contributed by atoms with E-state index in [2.05, 4.69) is 0 Å². The van der Waals surface area contributed by atoms with Gasteiger partial charge in [-0.2, -0.15) is 0 Å². The molecule has 0 spiro atoms. The lowest BCUT2D eigenvalue weighted by atomic mass is 10.0. The Morgan fingerprint density at radius 3 is 2.25 bits per heavy atom. The third-order valence-corrected chi connectivity index (χ3v) is 4.55. The standard InChI is InChI=1S/C23H15N3O2/c27-19-14-13-18-22(21(19)20-12-7-15-28-20)26(17-10-5-2-6-11-17)25-23(24-18)16-8-3-1-4-9-16/h1-15H. The molecule has 0 fully saturated rings. The smallest absolute Gasteiger partial charge is 0.191 e. The second kappa shape index (κ2) is 6.63. The van der Waals surface area contributed by atoms with E-state index in [0.717, 1.165) is 11.3 Å². The lowest BCUT2D eigenvalue weighted by Crippen LogP contribution is -2.16. The van der Waals surface area contributed by atoms with E-state index in [9.17, 15) is 4.79 Å². The van der Waals surface area contributed by atoms with Crippen LogP contribution in [0.5, 0.6) is 0 Å². The van der Waals surface area contributed by atoms with E-state index < -0.39 is 0 Å². The number of fused-ring (bicyclic) bond motifs is 1. The number of furan rings is 1. The van der Waals surface area contributed by atoms with E-state index >= 15 is 0 Å². The van der Waals surface area contributed by atoms with Crippen molar-refractivity contribution in [2.24, 2.45) is 0 Å². The summed E-state index contributed by atoms with van der Waals surface area (Å²) in [6.07, 6.45) is 1.56. The third-order valence-electron chi connectivity index (χ3n) is 4.55. The van der Waals surface area contributed by atoms with Gasteiger partial charge >= 0.3 is 0 Å². The van der Waals surface area contributed by atoms with Crippen LogP contribution in [-0.4, -0.2) is 14.8 Å². The van der Waals surface area contributed by atoms with Gasteiger partial charge in [-0.25, -0.2) is 9.67 Å². The van der Waals surface area contributed by atoms with E-state index in [1.165, 1.54) is 6.07 Å². The zero-order chi connectivity index (χ0) is 18.9. The number of nitrogens with zero attached hydrogens (tertiary/aromatic N) is 3. The van der Waals surface area contributed by atoms with Gasteiger partial charge in [0.2, 0.25) is 0 Å². The molecule has 0 saturated carbocycles. The van der Waals surface area contributed by atoms with Crippen LogP contribution < -0.4 is 5.43 Å². The van der Waals surface area contributed by atoms with Crippen molar-refractivity contribution < 1.29 is 4.42 Å². The van der Waals surface area contributed by atoms with Crippen molar-refractivity contribution in [3.63, 3.8) is 0 Å². The van der Waals surface area contributed by atoms with Gasteiger partial charge in [0.15, 0.2) is 11.3 Å². The fourth-order valence-electron chi connectivity index (χ4n) is 3.27. The Hall–Kier alpha value is -3.99. The predicted molar refractivity (Wildman–Crippen MR) is 107 cm³/mol. The van der Waals surface area contributed by atoms with Gasteiger partial charge in [0.1, 0.15) is 11.5 Å². The lowest BCUT2D eigenvalue weighted by molar-refractivity contribution is 0.581. The van der Waals surface area contributed by atoms with Gasteiger partial charge in [-0.05, 0) is 36.4 Å². The molecule has 0 N–H and O–H groups in total. The Morgan fingerprint density at radius 1 is 0.786 bits per heavy atom. The monoisotopic (exact) mass is 365 g/mol. The van der Waals surface area contributed by atoms with Crippen LogP contribution in [0.1, 0.15) is 0 Å². The molecule has 0 unspecified atom stereocenters. The molecular formula is C23H15N3O2. The van der Waals surface area contributed by atoms with Gasteiger partial charge in [-0.1, -0.05) is 48.5 Å². The van der Waals surface area contributed by atoms with Gasteiger partial charge in [0.05, 0.1) is 23.2 Å². The molecule has 0 radical (unpaired) electrons. The van der Waals surface area contributed by atoms with E-state index in [-0.39, 0.29) is 5.43 Å². The van der Waals surface area contributed by atoms with E-state index in [4.69, 9.17) is 14.5 Å². The first-order valence-corrected chi connectivity index (χ1v) is 8.90. The summed E-state index contributed by atoms with van der Waals surface area (Å²) in [4.78, 5) is 17.5. The summed E-state index contributed by atoms with van der Waals surface area (Å²) in [5, 5.41) is 4.78. The molecule has 0 amide bonds. The largest absolute Gasteiger partial charge is 0.464 e. The molecule has 5 rings (SSSR count). The van der Waals surface area contributed by atoms with Crippen molar-refractivity contribution in [2.45, 2.75) is 0 Å². The van der Waals surface area contributed by atoms with Crippen LogP contribution in [-0.2, 0) is 0 Å². The third kappa shape index (κ3) is 2.70. The van der Waals surface area contributed by atoms with Crippen molar-refractivity contribution in [2.75, 3.05) is 0 Å². The van der Waals surface area contributed by atoms with Crippen molar-refractivity contribution in [3.05, 3.63) is 101 Å². The van der Waals surface area contributed by atoms with Crippen LogP contribution in [0.3, 0.4) is 0 Å². The zero-order valence-corrected chi connectivity index (χ0v) is 14.8. The summed E-state index contributed by atoms with van der Waals surface area (Å²) in [7, 11) is 0. The molecule has 1 aromatic heterocycles. The molecule has 0 bridgehead atoms. The van der Waals surface area contributed by atoms with E-state index in [1.807, 2.05) is 60.7 Å². The highest BCUT2D eigenvalue weighted by Gasteiger charge is 2.23. The first-order valence-electron chi connectivity index (χ1n) is 8.90. The molecule has 5 nitrogen and oxygen atoms in total. The van der Waals surface area contributed by atoms with Gasteiger partial charge in [-0.15, -0.1) is 5.10 Å². The molecule has 5 heteroatoms. The number of hydrogen-bond donors (Lipinski definition) is 0. The summed E-state index contributed by atoms with van der Waals surface area (Å²) in [6, 6.07) is 26.3.